The van der Waals surface area contributed by atoms with Crippen LogP contribution in [0.5, 0.6) is 5.75 Å². The number of alkyl halides is 3. The smallest absolute Gasteiger partial charge is 0.404 e. The van der Waals surface area contributed by atoms with Crippen LogP contribution < -0.4 is 10.5 Å². The van der Waals surface area contributed by atoms with E-state index in [1.807, 2.05) is 0 Å². The van der Waals surface area contributed by atoms with Crippen molar-refractivity contribution in [2.24, 2.45) is 5.73 Å². The van der Waals surface area contributed by atoms with Gasteiger partial charge in [-0.3, -0.25) is 0 Å². The molecule has 2 nitrogen and oxygen atoms in total. The highest BCUT2D eigenvalue weighted by atomic mass is 35.5. The van der Waals surface area contributed by atoms with Gasteiger partial charge >= 0.3 is 6.36 Å². The van der Waals surface area contributed by atoms with Crippen LogP contribution in [0.4, 0.5) is 13.2 Å². The van der Waals surface area contributed by atoms with Crippen molar-refractivity contribution < 1.29 is 17.9 Å². The molecule has 16 heavy (non-hydrogen) atoms. The fourth-order valence-electron chi connectivity index (χ4n) is 1.44. The molecule has 2 rings (SSSR count). The second kappa shape index (κ2) is 3.53. The van der Waals surface area contributed by atoms with Gasteiger partial charge in [0.15, 0.2) is 0 Å². The molecule has 0 bridgehead atoms. The SMILES string of the molecule is NC1(c2ccc(OC(F)(F)F)c(Cl)c2)CC1. The third-order valence-electron chi connectivity index (χ3n) is 2.52. The molecule has 0 atom stereocenters. The van der Waals surface area contributed by atoms with Crippen LogP contribution >= 0.6 is 11.6 Å². The monoisotopic (exact) mass is 251 g/mol. The van der Waals surface area contributed by atoms with Crippen molar-refractivity contribution in [1.29, 1.82) is 0 Å². The number of hydrogen-bond donors (Lipinski definition) is 1. The van der Waals surface area contributed by atoms with E-state index < -0.39 is 17.7 Å². The van der Waals surface area contributed by atoms with Gasteiger partial charge in [0.25, 0.3) is 0 Å². The summed E-state index contributed by atoms with van der Waals surface area (Å²) in [7, 11) is 0. The van der Waals surface area contributed by atoms with Crippen LogP contribution in [-0.4, -0.2) is 6.36 Å². The Morgan fingerprint density at radius 1 is 1.31 bits per heavy atom. The Bertz CT molecular complexity index is 415. The summed E-state index contributed by atoms with van der Waals surface area (Å²) in [6, 6.07) is 4.13. The highest BCUT2D eigenvalue weighted by Crippen LogP contribution is 2.44. The van der Waals surface area contributed by atoms with Gasteiger partial charge in [0.1, 0.15) is 5.75 Å². The number of ether oxygens (including phenoxy) is 1. The number of rotatable bonds is 2. The third kappa shape index (κ3) is 2.41. The Labute approximate surface area is 95.1 Å². The number of halogens is 4. The van der Waals surface area contributed by atoms with Crippen LogP contribution in [0.3, 0.4) is 0 Å². The maximum Gasteiger partial charge on any atom is 0.573 e. The van der Waals surface area contributed by atoms with E-state index in [9.17, 15) is 13.2 Å². The normalized spacial score (nSPS) is 18.3. The summed E-state index contributed by atoms with van der Waals surface area (Å²) in [5, 5.41) is -0.0773. The van der Waals surface area contributed by atoms with Crippen LogP contribution in [-0.2, 0) is 5.54 Å². The molecule has 88 valence electrons. The summed E-state index contributed by atoms with van der Waals surface area (Å²) >= 11 is 5.69. The van der Waals surface area contributed by atoms with Crippen molar-refractivity contribution >= 4 is 11.6 Å². The summed E-state index contributed by atoms with van der Waals surface area (Å²) < 4.78 is 39.6. The van der Waals surface area contributed by atoms with Gasteiger partial charge in [-0.05, 0) is 30.5 Å². The molecule has 0 saturated heterocycles. The first kappa shape index (κ1) is 11.5. The molecular weight excluding hydrogens is 243 g/mol. The van der Waals surface area contributed by atoms with E-state index in [1.165, 1.54) is 18.2 Å². The lowest BCUT2D eigenvalue weighted by atomic mass is 10.1. The summed E-state index contributed by atoms with van der Waals surface area (Å²) in [6.07, 6.45) is -3.09. The molecule has 0 unspecified atom stereocenters. The summed E-state index contributed by atoms with van der Waals surface area (Å²) in [4.78, 5) is 0. The van der Waals surface area contributed by atoms with Crippen LogP contribution in [0.25, 0.3) is 0 Å². The molecule has 6 heteroatoms. The zero-order valence-corrected chi connectivity index (χ0v) is 8.90. The van der Waals surface area contributed by atoms with Crippen LogP contribution in [0.15, 0.2) is 18.2 Å². The van der Waals surface area contributed by atoms with Crippen molar-refractivity contribution in [2.45, 2.75) is 24.7 Å². The van der Waals surface area contributed by atoms with Gasteiger partial charge in [-0.25, -0.2) is 0 Å². The molecular formula is C10H9ClF3NO. The Morgan fingerprint density at radius 2 is 1.94 bits per heavy atom. The molecule has 1 saturated carbocycles. The molecule has 1 aromatic carbocycles. The fraction of sp³-hybridized carbons (Fsp3) is 0.400. The minimum atomic E-state index is -4.73. The highest BCUT2D eigenvalue weighted by Gasteiger charge is 2.40. The molecule has 1 aliphatic rings. The second-order valence-electron chi connectivity index (χ2n) is 3.85. The number of benzene rings is 1. The van der Waals surface area contributed by atoms with E-state index in [0.29, 0.717) is 0 Å². The maximum absolute atomic E-state index is 12.0. The molecule has 0 radical (unpaired) electrons. The lowest BCUT2D eigenvalue weighted by Crippen LogP contribution is -2.20. The molecule has 0 heterocycles. The number of nitrogens with two attached hydrogens (primary N) is 1. The van der Waals surface area contributed by atoms with E-state index >= 15 is 0 Å². The van der Waals surface area contributed by atoms with Crippen LogP contribution in [0.2, 0.25) is 5.02 Å². The minimum absolute atomic E-state index is 0.0773. The number of hydrogen-bond acceptors (Lipinski definition) is 2. The fourth-order valence-corrected chi connectivity index (χ4v) is 1.66. The van der Waals surface area contributed by atoms with Gasteiger partial charge in [-0.2, -0.15) is 0 Å². The lowest BCUT2D eigenvalue weighted by molar-refractivity contribution is -0.274. The zero-order valence-electron chi connectivity index (χ0n) is 8.14. The summed E-state index contributed by atoms with van der Waals surface area (Å²) in [5.74, 6) is -0.401. The molecule has 0 aromatic heterocycles. The maximum atomic E-state index is 12.0. The van der Waals surface area contributed by atoms with Crippen LogP contribution in [0.1, 0.15) is 18.4 Å². The molecule has 0 aliphatic heterocycles. The first-order valence-electron chi connectivity index (χ1n) is 4.65. The van der Waals surface area contributed by atoms with E-state index in [4.69, 9.17) is 17.3 Å². The Kier molecular flexibility index (Phi) is 2.55. The molecule has 1 aromatic rings. The average molecular weight is 252 g/mol. The predicted molar refractivity (Wildman–Crippen MR) is 53.2 cm³/mol. The average Bonchev–Trinajstić information content (AvgIpc) is 2.86. The topological polar surface area (TPSA) is 35.2 Å². The Balaban J connectivity index is 2.23. The molecule has 1 aliphatic carbocycles. The van der Waals surface area contributed by atoms with E-state index in [2.05, 4.69) is 4.74 Å². The molecule has 0 spiro atoms. The molecule has 1 fully saturated rings. The van der Waals surface area contributed by atoms with Gasteiger partial charge in [0, 0.05) is 5.54 Å². The van der Waals surface area contributed by atoms with Gasteiger partial charge in [-0.1, -0.05) is 17.7 Å². The van der Waals surface area contributed by atoms with Crippen molar-refractivity contribution in [3.8, 4) is 5.75 Å². The Morgan fingerprint density at radius 3 is 2.38 bits per heavy atom. The van der Waals surface area contributed by atoms with Crippen molar-refractivity contribution in [1.82, 2.24) is 0 Å². The van der Waals surface area contributed by atoms with E-state index in [0.717, 1.165) is 18.4 Å². The summed E-state index contributed by atoms with van der Waals surface area (Å²) in [5.41, 5.74) is 6.22. The largest absolute Gasteiger partial charge is 0.573 e. The first-order valence-corrected chi connectivity index (χ1v) is 5.03. The zero-order chi connectivity index (χ0) is 12.0. The minimum Gasteiger partial charge on any atom is -0.404 e. The van der Waals surface area contributed by atoms with Gasteiger partial charge in [-0.15, -0.1) is 13.2 Å². The molecule has 2 N–H and O–H groups in total. The van der Waals surface area contributed by atoms with Crippen molar-refractivity contribution in [2.75, 3.05) is 0 Å². The second-order valence-corrected chi connectivity index (χ2v) is 4.26. The lowest BCUT2D eigenvalue weighted by Gasteiger charge is -2.13. The standard InChI is InChI=1S/C10H9ClF3NO/c11-7-5-6(9(15)3-4-9)1-2-8(7)16-10(12,13)14/h1-2,5H,3-4,15H2. The summed E-state index contributed by atoms with van der Waals surface area (Å²) in [6.45, 7) is 0. The predicted octanol–water partition coefficient (Wildman–Crippen LogP) is 3.19. The quantitative estimate of drug-likeness (QED) is 0.876. The van der Waals surface area contributed by atoms with Gasteiger partial charge in [0.2, 0.25) is 0 Å². The third-order valence-corrected chi connectivity index (χ3v) is 2.82. The first-order chi connectivity index (χ1) is 7.30. The Hall–Kier alpha value is -0.940. The highest BCUT2D eigenvalue weighted by molar-refractivity contribution is 6.32. The van der Waals surface area contributed by atoms with Crippen LogP contribution in [0, 0.1) is 0 Å². The van der Waals surface area contributed by atoms with Crippen molar-refractivity contribution in [3.05, 3.63) is 28.8 Å². The van der Waals surface area contributed by atoms with Gasteiger partial charge < -0.3 is 10.5 Å². The van der Waals surface area contributed by atoms with E-state index in [1.54, 1.807) is 0 Å². The molecule has 0 amide bonds. The van der Waals surface area contributed by atoms with Crippen molar-refractivity contribution in [3.63, 3.8) is 0 Å². The van der Waals surface area contributed by atoms with Gasteiger partial charge in [0.05, 0.1) is 5.02 Å². The van der Waals surface area contributed by atoms with E-state index in [-0.39, 0.29) is 5.02 Å².